The van der Waals surface area contributed by atoms with E-state index in [4.69, 9.17) is 4.74 Å². The zero-order valence-electron chi connectivity index (χ0n) is 6.96. The third-order valence-electron chi connectivity index (χ3n) is 1.89. The first kappa shape index (κ1) is 7.09. The zero-order valence-corrected chi connectivity index (χ0v) is 6.96. The molecule has 12 heavy (non-hydrogen) atoms. The van der Waals surface area contributed by atoms with Crippen molar-refractivity contribution in [1.82, 2.24) is 15.0 Å². The largest absolute Gasteiger partial charge is 0.495 e. The van der Waals surface area contributed by atoms with Gasteiger partial charge in [-0.15, -0.1) is 0 Å². The minimum Gasteiger partial charge on any atom is -0.495 e. The molecule has 2 heterocycles. The number of hydrogen-bond acceptors (Lipinski definition) is 3. The Morgan fingerprint density at radius 3 is 3.00 bits per heavy atom. The lowest BCUT2D eigenvalue weighted by molar-refractivity contribution is 0.410. The molecule has 0 aliphatic heterocycles. The predicted molar refractivity (Wildman–Crippen MR) is 45.2 cm³/mol. The molecule has 4 heteroatoms. The Bertz CT molecular complexity index is 408. The minimum absolute atomic E-state index is 0.730. The van der Waals surface area contributed by atoms with Gasteiger partial charge in [-0.1, -0.05) is 0 Å². The molecule has 0 spiro atoms. The van der Waals surface area contributed by atoms with Crippen LogP contribution in [0.5, 0.6) is 5.75 Å². The highest BCUT2D eigenvalue weighted by Crippen LogP contribution is 2.21. The van der Waals surface area contributed by atoms with Gasteiger partial charge in [-0.05, 0) is 6.92 Å². The summed E-state index contributed by atoms with van der Waals surface area (Å²) in [6, 6.07) is 0. The van der Waals surface area contributed by atoms with E-state index in [2.05, 4.69) is 15.0 Å². The van der Waals surface area contributed by atoms with E-state index in [9.17, 15) is 0 Å². The van der Waals surface area contributed by atoms with Crippen LogP contribution in [0.25, 0.3) is 11.2 Å². The summed E-state index contributed by atoms with van der Waals surface area (Å²) < 4.78 is 5.11. The van der Waals surface area contributed by atoms with Crippen molar-refractivity contribution in [3.05, 3.63) is 18.1 Å². The van der Waals surface area contributed by atoms with Gasteiger partial charge >= 0.3 is 0 Å². The van der Waals surface area contributed by atoms with E-state index in [0.29, 0.717) is 0 Å². The molecule has 0 aliphatic carbocycles. The molecule has 4 nitrogen and oxygen atoms in total. The highest BCUT2D eigenvalue weighted by molar-refractivity contribution is 5.76. The molecule has 0 radical (unpaired) electrons. The molecule has 0 aliphatic rings. The fourth-order valence-electron chi connectivity index (χ4n) is 1.21. The van der Waals surface area contributed by atoms with Crippen LogP contribution in [0.4, 0.5) is 0 Å². The fourth-order valence-corrected chi connectivity index (χ4v) is 1.21. The van der Waals surface area contributed by atoms with Crippen LogP contribution in [-0.2, 0) is 0 Å². The van der Waals surface area contributed by atoms with Gasteiger partial charge in [-0.2, -0.15) is 0 Å². The Morgan fingerprint density at radius 2 is 2.25 bits per heavy atom. The van der Waals surface area contributed by atoms with Crippen molar-refractivity contribution in [2.45, 2.75) is 6.92 Å². The lowest BCUT2D eigenvalue weighted by atomic mass is 10.2. The van der Waals surface area contributed by atoms with Gasteiger partial charge in [0, 0.05) is 5.56 Å². The Morgan fingerprint density at radius 1 is 1.42 bits per heavy atom. The number of hydrogen-bond donors (Lipinski definition) is 1. The Kier molecular flexibility index (Phi) is 1.46. The van der Waals surface area contributed by atoms with Gasteiger partial charge in [-0.25, -0.2) is 9.97 Å². The number of nitrogens with zero attached hydrogens (tertiary/aromatic N) is 2. The Hall–Kier alpha value is -1.58. The van der Waals surface area contributed by atoms with Gasteiger partial charge in [0.15, 0.2) is 5.65 Å². The molecular formula is C8H9N3O. The van der Waals surface area contributed by atoms with Gasteiger partial charge in [0.25, 0.3) is 0 Å². The second kappa shape index (κ2) is 2.48. The second-order valence-electron chi connectivity index (χ2n) is 2.55. The van der Waals surface area contributed by atoms with E-state index in [1.165, 1.54) is 0 Å². The van der Waals surface area contributed by atoms with Gasteiger partial charge in [-0.3, -0.25) is 0 Å². The van der Waals surface area contributed by atoms with E-state index >= 15 is 0 Å². The molecule has 0 bridgehead atoms. The van der Waals surface area contributed by atoms with Crippen LogP contribution >= 0.6 is 0 Å². The van der Waals surface area contributed by atoms with Crippen LogP contribution in [0.2, 0.25) is 0 Å². The average Bonchev–Trinajstić information content (AvgIpc) is 2.53. The summed E-state index contributed by atoms with van der Waals surface area (Å²) in [6.07, 6.45) is 3.31. The molecule has 1 N–H and O–H groups in total. The van der Waals surface area contributed by atoms with Gasteiger partial charge < -0.3 is 9.72 Å². The number of aryl methyl sites for hydroxylation is 1. The number of aromatic amines is 1. The third-order valence-corrected chi connectivity index (χ3v) is 1.89. The number of fused-ring (bicyclic) bond motifs is 1. The zero-order chi connectivity index (χ0) is 8.55. The minimum atomic E-state index is 0.730. The van der Waals surface area contributed by atoms with Crippen molar-refractivity contribution in [2.75, 3.05) is 7.11 Å². The molecule has 0 atom stereocenters. The number of H-pyrrole nitrogens is 1. The molecular weight excluding hydrogens is 154 g/mol. The lowest BCUT2D eigenvalue weighted by Crippen LogP contribution is -1.89. The van der Waals surface area contributed by atoms with E-state index in [-0.39, 0.29) is 0 Å². The number of aromatic nitrogens is 3. The summed E-state index contributed by atoms with van der Waals surface area (Å²) in [5, 5.41) is 0. The molecule has 0 fully saturated rings. The standard InChI is InChI=1S/C8H9N3O/c1-5-6(12-2)3-9-8-7(5)10-4-11-8/h3-4H,1-2H3,(H,9,10,11). The first-order chi connectivity index (χ1) is 5.83. The summed E-state index contributed by atoms with van der Waals surface area (Å²) in [5.74, 6) is 0.784. The number of imidazole rings is 1. The molecule has 0 saturated heterocycles. The molecule has 2 aromatic heterocycles. The van der Waals surface area contributed by atoms with Crippen LogP contribution in [0, 0.1) is 6.92 Å². The highest BCUT2D eigenvalue weighted by Gasteiger charge is 2.05. The van der Waals surface area contributed by atoms with Crippen LogP contribution in [-0.4, -0.2) is 22.1 Å². The van der Waals surface area contributed by atoms with E-state index in [0.717, 1.165) is 22.5 Å². The van der Waals surface area contributed by atoms with Crippen molar-refractivity contribution >= 4 is 11.2 Å². The van der Waals surface area contributed by atoms with E-state index in [1.54, 1.807) is 19.6 Å². The SMILES string of the molecule is COc1cnc2nc[nH]c2c1C. The first-order valence-electron chi connectivity index (χ1n) is 3.65. The van der Waals surface area contributed by atoms with Crippen molar-refractivity contribution in [1.29, 1.82) is 0 Å². The molecule has 0 unspecified atom stereocenters. The van der Waals surface area contributed by atoms with Gasteiger partial charge in [0.1, 0.15) is 5.75 Å². The average molecular weight is 163 g/mol. The number of nitrogens with one attached hydrogen (secondary N) is 1. The number of methoxy groups -OCH3 is 1. The summed E-state index contributed by atoms with van der Waals surface area (Å²) in [4.78, 5) is 11.1. The maximum atomic E-state index is 5.11. The van der Waals surface area contributed by atoms with Crippen LogP contribution < -0.4 is 4.74 Å². The molecule has 0 saturated carbocycles. The molecule has 2 rings (SSSR count). The lowest BCUT2D eigenvalue weighted by Gasteiger charge is -2.02. The van der Waals surface area contributed by atoms with Crippen molar-refractivity contribution in [3.63, 3.8) is 0 Å². The summed E-state index contributed by atoms with van der Waals surface area (Å²) >= 11 is 0. The number of ether oxygens (including phenoxy) is 1. The summed E-state index contributed by atoms with van der Waals surface area (Å²) in [5.41, 5.74) is 2.71. The highest BCUT2D eigenvalue weighted by atomic mass is 16.5. The van der Waals surface area contributed by atoms with E-state index < -0.39 is 0 Å². The second-order valence-corrected chi connectivity index (χ2v) is 2.55. The van der Waals surface area contributed by atoms with Crippen molar-refractivity contribution in [3.8, 4) is 5.75 Å². The smallest absolute Gasteiger partial charge is 0.177 e. The number of pyridine rings is 1. The van der Waals surface area contributed by atoms with E-state index in [1.807, 2.05) is 6.92 Å². The molecule has 0 aromatic carbocycles. The number of rotatable bonds is 1. The van der Waals surface area contributed by atoms with Crippen LogP contribution in [0.1, 0.15) is 5.56 Å². The maximum Gasteiger partial charge on any atom is 0.177 e. The molecule has 62 valence electrons. The molecule has 2 aromatic rings. The summed E-state index contributed by atoms with van der Waals surface area (Å²) in [7, 11) is 1.63. The first-order valence-corrected chi connectivity index (χ1v) is 3.65. The molecule has 0 amide bonds. The van der Waals surface area contributed by atoms with Gasteiger partial charge in [0.05, 0.1) is 25.2 Å². The van der Waals surface area contributed by atoms with Crippen LogP contribution in [0.3, 0.4) is 0 Å². The normalized spacial score (nSPS) is 10.5. The monoisotopic (exact) mass is 163 g/mol. The quantitative estimate of drug-likeness (QED) is 0.688. The van der Waals surface area contributed by atoms with Crippen LogP contribution in [0.15, 0.2) is 12.5 Å². The topological polar surface area (TPSA) is 50.8 Å². The van der Waals surface area contributed by atoms with Gasteiger partial charge in [0.2, 0.25) is 0 Å². The Labute approximate surface area is 69.6 Å². The maximum absolute atomic E-state index is 5.11. The predicted octanol–water partition coefficient (Wildman–Crippen LogP) is 1.27. The summed E-state index contributed by atoms with van der Waals surface area (Å²) in [6.45, 7) is 1.97. The van der Waals surface area contributed by atoms with Crippen molar-refractivity contribution in [2.24, 2.45) is 0 Å². The fraction of sp³-hybridized carbons (Fsp3) is 0.250. The van der Waals surface area contributed by atoms with Crippen molar-refractivity contribution < 1.29 is 4.74 Å². The third kappa shape index (κ3) is 0.845. The Balaban J connectivity index is 2.78.